The molecular formula is C24H26N2O. The van der Waals surface area contributed by atoms with E-state index in [1.54, 1.807) is 0 Å². The minimum Gasteiger partial charge on any atom is -0.331 e. The monoisotopic (exact) mass is 358 g/mol. The third kappa shape index (κ3) is 2.68. The molecule has 1 aliphatic heterocycles. The number of nitrogens with one attached hydrogen (secondary N) is 1. The Balaban J connectivity index is 1.87. The molecule has 1 aliphatic carbocycles. The van der Waals surface area contributed by atoms with E-state index in [4.69, 9.17) is 0 Å². The molecule has 0 spiro atoms. The summed E-state index contributed by atoms with van der Waals surface area (Å²) in [5.41, 5.74) is 8.47. The summed E-state index contributed by atoms with van der Waals surface area (Å²) in [6.07, 6.45) is 6.46. The zero-order chi connectivity index (χ0) is 18.5. The number of aryl methyl sites for hydroxylation is 2. The Kier molecular flexibility index (Phi) is 3.85. The Morgan fingerprint density at radius 3 is 2.52 bits per heavy atom. The van der Waals surface area contributed by atoms with Crippen LogP contribution in [0.1, 0.15) is 54.7 Å². The van der Waals surface area contributed by atoms with Gasteiger partial charge in [-0.1, -0.05) is 43.5 Å². The number of benzene rings is 2. The number of hydrogen-bond acceptors (Lipinski definition) is 1. The molecule has 1 saturated carbocycles. The Hall–Kier alpha value is -2.55. The molecular weight excluding hydrogens is 332 g/mol. The maximum absolute atomic E-state index is 12.7. The Morgan fingerprint density at radius 1 is 0.963 bits per heavy atom. The van der Waals surface area contributed by atoms with Crippen molar-refractivity contribution >= 4 is 22.5 Å². The lowest BCUT2D eigenvalue weighted by Gasteiger charge is -2.23. The highest BCUT2D eigenvalue weighted by Gasteiger charge is 2.30. The molecule has 1 aromatic heterocycles. The van der Waals surface area contributed by atoms with Gasteiger partial charge in [0, 0.05) is 16.5 Å². The van der Waals surface area contributed by atoms with Crippen molar-refractivity contribution in [3.8, 4) is 11.3 Å². The summed E-state index contributed by atoms with van der Waals surface area (Å²) in [5, 5.41) is 4.48. The molecule has 5 rings (SSSR count). The Morgan fingerprint density at radius 2 is 1.70 bits per heavy atom. The van der Waals surface area contributed by atoms with Gasteiger partial charge in [0.05, 0.1) is 11.4 Å². The predicted octanol–water partition coefficient (Wildman–Crippen LogP) is 5.92. The normalized spacial score (nSPS) is 17.3. The first-order valence-corrected chi connectivity index (χ1v) is 10.2. The van der Waals surface area contributed by atoms with Crippen LogP contribution in [0.5, 0.6) is 0 Å². The summed E-state index contributed by atoms with van der Waals surface area (Å²) < 4.78 is 2.27. The number of hydrogen-bond donors (Lipinski definition) is 1. The Bertz CT molecular complexity index is 1050. The maximum atomic E-state index is 12.7. The summed E-state index contributed by atoms with van der Waals surface area (Å²) in [5.74, 6) is 0.650. The fourth-order valence-corrected chi connectivity index (χ4v) is 5.05. The van der Waals surface area contributed by atoms with Gasteiger partial charge in [0.1, 0.15) is 6.54 Å². The largest absolute Gasteiger partial charge is 0.331 e. The summed E-state index contributed by atoms with van der Waals surface area (Å²) >= 11 is 0. The van der Waals surface area contributed by atoms with E-state index in [0.29, 0.717) is 12.5 Å². The Labute approximate surface area is 160 Å². The van der Waals surface area contributed by atoms with Crippen molar-refractivity contribution < 1.29 is 4.79 Å². The molecule has 1 N–H and O–H groups in total. The van der Waals surface area contributed by atoms with Crippen LogP contribution in [-0.2, 0) is 11.3 Å². The van der Waals surface area contributed by atoms with Gasteiger partial charge in [-0.05, 0) is 61.4 Å². The molecule has 27 heavy (non-hydrogen) atoms. The minimum atomic E-state index is 0.0641. The lowest BCUT2D eigenvalue weighted by atomic mass is 9.81. The maximum Gasteiger partial charge on any atom is 0.244 e. The first kappa shape index (κ1) is 16.6. The van der Waals surface area contributed by atoms with Crippen LogP contribution in [0.3, 0.4) is 0 Å². The van der Waals surface area contributed by atoms with Crippen molar-refractivity contribution in [3.63, 3.8) is 0 Å². The standard InChI is InChI=1S/C24H26N2O/c1-15-8-10-18-20(12-15)25-22(27)14-26-21-13-16(2)9-11-19(21)23(24(18)26)17-6-4-3-5-7-17/h8-13,17H,3-7,14H2,1-2H3,(H,25,27). The summed E-state index contributed by atoms with van der Waals surface area (Å²) in [7, 11) is 0. The van der Waals surface area contributed by atoms with Crippen molar-refractivity contribution in [1.82, 2.24) is 4.57 Å². The van der Waals surface area contributed by atoms with E-state index in [2.05, 4.69) is 60.1 Å². The second-order valence-corrected chi connectivity index (χ2v) is 8.30. The molecule has 2 aliphatic rings. The van der Waals surface area contributed by atoms with Crippen LogP contribution in [0.4, 0.5) is 5.69 Å². The smallest absolute Gasteiger partial charge is 0.244 e. The molecule has 3 heteroatoms. The number of aromatic nitrogens is 1. The van der Waals surface area contributed by atoms with Crippen LogP contribution in [0, 0.1) is 13.8 Å². The van der Waals surface area contributed by atoms with E-state index in [0.717, 1.165) is 5.69 Å². The van der Waals surface area contributed by atoms with Gasteiger partial charge in [0.25, 0.3) is 0 Å². The topological polar surface area (TPSA) is 34.0 Å². The van der Waals surface area contributed by atoms with Gasteiger partial charge in [0.2, 0.25) is 5.91 Å². The number of fused-ring (bicyclic) bond motifs is 5. The number of carbonyl (C=O) groups excluding carboxylic acids is 1. The van der Waals surface area contributed by atoms with E-state index in [-0.39, 0.29) is 5.91 Å². The highest BCUT2D eigenvalue weighted by atomic mass is 16.2. The molecule has 1 amide bonds. The third-order valence-corrected chi connectivity index (χ3v) is 6.28. The fourth-order valence-electron chi connectivity index (χ4n) is 5.05. The van der Waals surface area contributed by atoms with Gasteiger partial charge in [-0.15, -0.1) is 0 Å². The van der Waals surface area contributed by atoms with Gasteiger partial charge in [-0.2, -0.15) is 0 Å². The average Bonchev–Trinajstić information content (AvgIpc) is 2.87. The van der Waals surface area contributed by atoms with Gasteiger partial charge in [-0.25, -0.2) is 0 Å². The second kappa shape index (κ2) is 6.26. The third-order valence-electron chi connectivity index (χ3n) is 6.28. The first-order chi connectivity index (χ1) is 13.1. The van der Waals surface area contributed by atoms with Crippen molar-refractivity contribution in [3.05, 3.63) is 53.1 Å². The van der Waals surface area contributed by atoms with Gasteiger partial charge < -0.3 is 9.88 Å². The van der Waals surface area contributed by atoms with E-state index in [1.165, 1.54) is 71.0 Å². The fraction of sp³-hybridized carbons (Fsp3) is 0.375. The van der Waals surface area contributed by atoms with Crippen molar-refractivity contribution in [2.75, 3.05) is 5.32 Å². The summed E-state index contributed by atoms with van der Waals surface area (Å²) in [6, 6.07) is 13.2. The highest BCUT2D eigenvalue weighted by molar-refractivity contribution is 6.03. The SMILES string of the molecule is Cc1ccc2c(c1)NC(=O)Cn1c-2c(C2CCCCC2)c2ccc(C)cc21. The predicted molar refractivity (Wildman–Crippen MR) is 111 cm³/mol. The van der Waals surface area contributed by atoms with Crippen LogP contribution < -0.4 is 5.32 Å². The van der Waals surface area contributed by atoms with E-state index in [9.17, 15) is 4.79 Å². The van der Waals surface area contributed by atoms with Gasteiger partial charge in [-0.3, -0.25) is 4.79 Å². The first-order valence-electron chi connectivity index (χ1n) is 10.2. The summed E-state index contributed by atoms with van der Waals surface area (Å²) in [6.45, 7) is 4.60. The molecule has 0 bridgehead atoms. The molecule has 2 aromatic carbocycles. The van der Waals surface area contributed by atoms with Gasteiger partial charge in [0.15, 0.2) is 0 Å². The van der Waals surface area contributed by atoms with Crippen molar-refractivity contribution in [1.29, 1.82) is 0 Å². The quantitative estimate of drug-likeness (QED) is 0.575. The lowest BCUT2D eigenvalue weighted by Crippen LogP contribution is -2.16. The van der Waals surface area contributed by atoms with Crippen LogP contribution in [-0.4, -0.2) is 10.5 Å². The van der Waals surface area contributed by atoms with E-state index in [1.807, 2.05) is 0 Å². The van der Waals surface area contributed by atoms with Crippen molar-refractivity contribution in [2.24, 2.45) is 0 Å². The van der Waals surface area contributed by atoms with Crippen LogP contribution >= 0.6 is 0 Å². The number of carbonyl (C=O) groups is 1. The number of anilines is 1. The van der Waals surface area contributed by atoms with Crippen molar-refractivity contribution in [2.45, 2.75) is 58.4 Å². The average molecular weight is 358 g/mol. The zero-order valence-corrected chi connectivity index (χ0v) is 16.1. The van der Waals surface area contributed by atoms with E-state index < -0.39 is 0 Å². The lowest BCUT2D eigenvalue weighted by molar-refractivity contribution is -0.116. The van der Waals surface area contributed by atoms with Crippen LogP contribution in [0.15, 0.2) is 36.4 Å². The molecule has 2 heterocycles. The molecule has 0 radical (unpaired) electrons. The van der Waals surface area contributed by atoms with E-state index >= 15 is 0 Å². The van der Waals surface area contributed by atoms with Crippen LogP contribution in [0.2, 0.25) is 0 Å². The number of rotatable bonds is 1. The summed E-state index contributed by atoms with van der Waals surface area (Å²) in [4.78, 5) is 12.7. The van der Waals surface area contributed by atoms with Crippen LogP contribution in [0.25, 0.3) is 22.2 Å². The molecule has 0 atom stereocenters. The molecule has 3 nitrogen and oxygen atoms in total. The molecule has 138 valence electrons. The number of nitrogens with zero attached hydrogens (tertiary/aromatic N) is 1. The molecule has 0 unspecified atom stereocenters. The van der Waals surface area contributed by atoms with Gasteiger partial charge >= 0.3 is 0 Å². The second-order valence-electron chi connectivity index (χ2n) is 8.30. The minimum absolute atomic E-state index is 0.0641. The molecule has 0 saturated heterocycles. The molecule has 3 aromatic rings. The number of amides is 1. The highest BCUT2D eigenvalue weighted by Crippen LogP contribution is 2.46. The molecule has 1 fully saturated rings. The zero-order valence-electron chi connectivity index (χ0n) is 16.1.